The number of rotatable bonds is 5. The maximum absolute atomic E-state index is 14.0. The van der Waals surface area contributed by atoms with Crippen LogP contribution in [0.15, 0.2) is 24.5 Å². The van der Waals surface area contributed by atoms with Crippen LogP contribution in [0.5, 0.6) is 0 Å². The highest BCUT2D eigenvalue weighted by molar-refractivity contribution is 6.03. The van der Waals surface area contributed by atoms with Crippen molar-refractivity contribution in [1.82, 2.24) is 24.7 Å². The molecule has 0 spiro atoms. The molecule has 3 atom stereocenters. The molecule has 0 saturated carbocycles. The van der Waals surface area contributed by atoms with E-state index in [9.17, 15) is 19.4 Å². The summed E-state index contributed by atoms with van der Waals surface area (Å²) in [6, 6.07) is 3.55. The number of nitrogens with zero attached hydrogens (tertiary/aromatic N) is 7. The lowest BCUT2D eigenvalue weighted by molar-refractivity contribution is -0.117. The van der Waals surface area contributed by atoms with Gasteiger partial charge < -0.3 is 20.4 Å². The number of piperidine rings is 1. The van der Waals surface area contributed by atoms with Crippen LogP contribution in [-0.4, -0.2) is 78.9 Å². The molecule has 0 aromatic carbocycles. The number of aromatic nitrogens is 5. The molecular weight excluding hydrogens is 443 g/mol. The minimum atomic E-state index is -1.34. The second-order valence-corrected chi connectivity index (χ2v) is 9.00. The fourth-order valence-electron chi connectivity index (χ4n) is 4.35. The largest absolute Gasteiger partial charge is 0.391 e. The van der Waals surface area contributed by atoms with E-state index in [1.54, 1.807) is 23.4 Å². The SMILES string of the molecule is CC(C)n1nc(N2CC(O)CC2=O)c2cnc(Nc3ccnc(N4CCC(O)C(F)C4)n3)cc21. The Kier molecular flexibility index (Phi) is 5.78. The third-order valence-corrected chi connectivity index (χ3v) is 6.11. The highest BCUT2D eigenvalue weighted by Gasteiger charge is 2.33. The maximum atomic E-state index is 14.0. The number of hydrogen-bond acceptors (Lipinski definition) is 9. The van der Waals surface area contributed by atoms with E-state index in [-0.39, 0.29) is 31.5 Å². The summed E-state index contributed by atoms with van der Waals surface area (Å²) in [6.45, 7) is 4.70. The van der Waals surface area contributed by atoms with Crippen molar-refractivity contribution in [2.45, 2.75) is 51.1 Å². The van der Waals surface area contributed by atoms with Crippen molar-refractivity contribution < 1.29 is 19.4 Å². The summed E-state index contributed by atoms with van der Waals surface area (Å²) in [7, 11) is 0. The Morgan fingerprint density at radius 1 is 1.21 bits per heavy atom. The zero-order valence-corrected chi connectivity index (χ0v) is 19.0. The molecular formula is C22H27FN8O3. The van der Waals surface area contributed by atoms with Crippen LogP contribution in [0.2, 0.25) is 0 Å². The molecule has 34 heavy (non-hydrogen) atoms. The molecule has 0 aliphatic carbocycles. The summed E-state index contributed by atoms with van der Waals surface area (Å²) in [5.41, 5.74) is 0.788. The Balaban J connectivity index is 1.43. The molecule has 3 N–H and O–H groups in total. The van der Waals surface area contributed by atoms with Gasteiger partial charge in [-0.05, 0) is 26.3 Å². The number of β-amino-alcohol motifs (C(OH)–C–C–N with tert-alkyl or cyclic N) is 1. The van der Waals surface area contributed by atoms with Crippen molar-refractivity contribution in [2.24, 2.45) is 0 Å². The molecule has 2 saturated heterocycles. The summed E-state index contributed by atoms with van der Waals surface area (Å²) in [5, 5.41) is 28.1. The van der Waals surface area contributed by atoms with Crippen molar-refractivity contribution in [3.05, 3.63) is 24.5 Å². The smallest absolute Gasteiger partial charge is 0.230 e. The molecule has 0 radical (unpaired) electrons. The normalized spacial score (nSPS) is 23.4. The molecule has 12 heteroatoms. The fraction of sp³-hybridized carbons (Fsp3) is 0.500. The van der Waals surface area contributed by atoms with Crippen LogP contribution in [0.4, 0.5) is 27.8 Å². The Bertz CT molecular complexity index is 1220. The van der Waals surface area contributed by atoms with Crippen LogP contribution >= 0.6 is 0 Å². The number of alkyl halides is 1. The molecule has 3 unspecified atom stereocenters. The number of amides is 1. The molecule has 5 heterocycles. The second-order valence-electron chi connectivity index (χ2n) is 9.00. The number of aliphatic hydroxyl groups excluding tert-OH is 2. The fourth-order valence-corrected chi connectivity index (χ4v) is 4.35. The van der Waals surface area contributed by atoms with E-state index in [0.717, 1.165) is 5.52 Å². The number of pyridine rings is 1. The van der Waals surface area contributed by atoms with E-state index in [1.165, 1.54) is 4.90 Å². The molecule has 11 nitrogen and oxygen atoms in total. The third-order valence-electron chi connectivity index (χ3n) is 6.11. The van der Waals surface area contributed by atoms with Gasteiger partial charge in [0.25, 0.3) is 0 Å². The van der Waals surface area contributed by atoms with Gasteiger partial charge in [0.15, 0.2) is 5.82 Å². The van der Waals surface area contributed by atoms with Gasteiger partial charge in [-0.25, -0.2) is 14.4 Å². The quantitative estimate of drug-likeness (QED) is 0.508. The van der Waals surface area contributed by atoms with Crippen LogP contribution in [0.1, 0.15) is 32.7 Å². The third kappa shape index (κ3) is 4.14. The second kappa shape index (κ2) is 8.76. The molecule has 2 aliphatic rings. The highest BCUT2D eigenvalue weighted by atomic mass is 19.1. The molecule has 3 aromatic rings. The van der Waals surface area contributed by atoms with E-state index in [4.69, 9.17) is 0 Å². The van der Waals surface area contributed by atoms with E-state index in [1.807, 2.05) is 24.6 Å². The van der Waals surface area contributed by atoms with Crippen molar-refractivity contribution in [3.63, 3.8) is 0 Å². The van der Waals surface area contributed by atoms with Gasteiger partial charge in [0.05, 0.1) is 42.6 Å². The number of aliphatic hydroxyl groups is 2. The van der Waals surface area contributed by atoms with E-state index in [2.05, 4.69) is 25.4 Å². The van der Waals surface area contributed by atoms with Gasteiger partial charge in [-0.1, -0.05) is 0 Å². The van der Waals surface area contributed by atoms with Gasteiger partial charge in [-0.3, -0.25) is 14.4 Å². The molecule has 2 aliphatic heterocycles. The lowest BCUT2D eigenvalue weighted by Gasteiger charge is -2.32. The topological polar surface area (TPSA) is 133 Å². The predicted octanol–water partition coefficient (Wildman–Crippen LogP) is 1.55. The average molecular weight is 471 g/mol. The molecule has 0 bridgehead atoms. The zero-order valence-electron chi connectivity index (χ0n) is 19.0. The number of anilines is 4. The predicted molar refractivity (Wildman–Crippen MR) is 124 cm³/mol. The van der Waals surface area contributed by atoms with Crippen molar-refractivity contribution in [2.75, 3.05) is 34.8 Å². The zero-order chi connectivity index (χ0) is 24.0. The molecule has 2 fully saturated rings. The lowest BCUT2D eigenvalue weighted by atomic mass is 10.1. The standard InChI is InChI=1S/C22H27FN8O3/c1-12(2)31-16-8-19(25-9-14(16)21(28-31)30-10-13(32)7-20(30)34)26-18-3-5-24-22(27-18)29-6-4-17(33)15(23)11-29/h3,5,8-9,12-13,15,17,32-33H,4,6-7,10-11H2,1-2H3,(H,24,25,26,27). The van der Waals surface area contributed by atoms with Crippen LogP contribution in [0.25, 0.3) is 10.9 Å². The number of fused-ring (bicyclic) bond motifs is 1. The number of carbonyl (C=O) groups is 1. The van der Waals surface area contributed by atoms with Gasteiger partial charge in [0.2, 0.25) is 11.9 Å². The summed E-state index contributed by atoms with van der Waals surface area (Å²) in [5.74, 6) is 1.71. The van der Waals surface area contributed by atoms with Crippen LogP contribution in [0, 0.1) is 0 Å². The van der Waals surface area contributed by atoms with Gasteiger partial charge in [-0.2, -0.15) is 10.1 Å². The Morgan fingerprint density at radius 2 is 2.03 bits per heavy atom. The van der Waals surface area contributed by atoms with E-state index < -0.39 is 18.4 Å². The van der Waals surface area contributed by atoms with Crippen molar-refractivity contribution >= 4 is 40.2 Å². The molecule has 5 rings (SSSR count). The highest BCUT2D eigenvalue weighted by Crippen LogP contribution is 2.32. The average Bonchev–Trinajstić information content (AvgIpc) is 3.34. The summed E-state index contributed by atoms with van der Waals surface area (Å²) < 4.78 is 15.8. The first-order valence-electron chi connectivity index (χ1n) is 11.3. The number of halogens is 1. The monoisotopic (exact) mass is 470 g/mol. The Morgan fingerprint density at radius 3 is 2.74 bits per heavy atom. The van der Waals surface area contributed by atoms with Gasteiger partial charge >= 0.3 is 0 Å². The summed E-state index contributed by atoms with van der Waals surface area (Å²) >= 11 is 0. The van der Waals surface area contributed by atoms with Crippen molar-refractivity contribution in [1.29, 1.82) is 0 Å². The first-order valence-corrected chi connectivity index (χ1v) is 11.3. The van der Waals surface area contributed by atoms with E-state index in [0.29, 0.717) is 41.8 Å². The van der Waals surface area contributed by atoms with Crippen molar-refractivity contribution in [3.8, 4) is 0 Å². The Hall–Kier alpha value is -3.38. The molecule has 180 valence electrons. The Labute approximate surface area is 195 Å². The minimum Gasteiger partial charge on any atom is -0.391 e. The van der Waals surface area contributed by atoms with Crippen LogP contribution in [-0.2, 0) is 4.79 Å². The number of carbonyl (C=O) groups excluding carboxylic acids is 1. The summed E-state index contributed by atoms with van der Waals surface area (Å²) in [4.78, 5) is 28.8. The minimum absolute atomic E-state index is 0.0304. The van der Waals surface area contributed by atoms with Gasteiger partial charge in [0, 0.05) is 31.0 Å². The summed E-state index contributed by atoms with van der Waals surface area (Å²) in [6.07, 6.45) is 0.636. The first-order chi connectivity index (χ1) is 16.3. The van der Waals surface area contributed by atoms with E-state index >= 15 is 0 Å². The van der Waals surface area contributed by atoms with Gasteiger partial charge in [0.1, 0.15) is 17.8 Å². The van der Waals surface area contributed by atoms with Crippen LogP contribution in [0.3, 0.4) is 0 Å². The van der Waals surface area contributed by atoms with Crippen LogP contribution < -0.4 is 15.1 Å². The molecule has 3 aromatic heterocycles. The number of nitrogens with one attached hydrogen (secondary N) is 1. The lowest BCUT2D eigenvalue weighted by Crippen LogP contribution is -2.45. The molecule has 1 amide bonds. The number of hydrogen-bond donors (Lipinski definition) is 3. The van der Waals surface area contributed by atoms with Gasteiger partial charge in [-0.15, -0.1) is 0 Å². The maximum Gasteiger partial charge on any atom is 0.230 e. The first kappa shape index (κ1) is 22.4.